The van der Waals surface area contributed by atoms with Crippen LogP contribution in [-0.2, 0) is 5.41 Å². The SMILES string of the molecule is Cc1ccc(C)c(C(C)(C)C2CCC(C)CC2O)c1. The third-order valence-electron chi connectivity index (χ3n) is 5.09. The quantitative estimate of drug-likeness (QED) is 0.836. The summed E-state index contributed by atoms with van der Waals surface area (Å²) in [4.78, 5) is 0. The van der Waals surface area contributed by atoms with Crippen molar-refractivity contribution >= 4 is 0 Å². The average molecular weight is 260 g/mol. The van der Waals surface area contributed by atoms with Crippen molar-refractivity contribution in [3.8, 4) is 0 Å². The highest BCUT2D eigenvalue weighted by Gasteiger charge is 2.39. The first-order valence-corrected chi connectivity index (χ1v) is 7.58. The zero-order valence-electron chi connectivity index (χ0n) is 13.0. The van der Waals surface area contributed by atoms with Gasteiger partial charge < -0.3 is 5.11 Å². The van der Waals surface area contributed by atoms with Crippen molar-refractivity contribution < 1.29 is 5.11 Å². The van der Waals surface area contributed by atoms with Gasteiger partial charge in [-0.2, -0.15) is 0 Å². The average Bonchev–Trinajstić information content (AvgIpc) is 2.31. The van der Waals surface area contributed by atoms with Crippen molar-refractivity contribution in [3.63, 3.8) is 0 Å². The molecule has 1 aromatic carbocycles. The third kappa shape index (κ3) is 2.86. The summed E-state index contributed by atoms with van der Waals surface area (Å²) in [5.74, 6) is 1.05. The smallest absolute Gasteiger partial charge is 0.0579 e. The molecule has 1 heteroatoms. The Kier molecular flexibility index (Phi) is 4.06. The van der Waals surface area contributed by atoms with E-state index in [0.29, 0.717) is 11.8 Å². The number of aliphatic hydroxyl groups is 1. The molecule has 0 radical (unpaired) electrons. The van der Waals surface area contributed by atoms with Crippen molar-refractivity contribution in [2.75, 3.05) is 0 Å². The Morgan fingerprint density at radius 2 is 1.84 bits per heavy atom. The van der Waals surface area contributed by atoms with Crippen LogP contribution in [0.25, 0.3) is 0 Å². The predicted octanol–water partition coefficient (Wildman–Crippen LogP) is 4.38. The first-order valence-electron chi connectivity index (χ1n) is 7.58. The molecule has 1 saturated carbocycles. The van der Waals surface area contributed by atoms with Gasteiger partial charge in [-0.3, -0.25) is 0 Å². The number of rotatable bonds is 2. The van der Waals surface area contributed by atoms with Crippen LogP contribution in [0.4, 0.5) is 0 Å². The molecule has 19 heavy (non-hydrogen) atoms. The fraction of sp³-hybridized carbons (Fsp3) is 0.667. The van der Waals surface area contributed by atoms with Crippen molar-refractivity contribution in [1.82, 2.24) is 0 Å². The van der Waals surface area contributed by atoms with E-state index in [1.165, 1.54) is 23.1 Å². The Hall–Kier alpha value is -0.820. The van der Waals surface area contributed by atoms with Gasteiger partial charge in [0.05, 0.1) is 6.10 Å². The van der Waals surface area contributed by atoms with Gasteiger partial charge in [-0.15, -0.1) is 0 Å². The Balaban J connectivity index is 2.33. The molecular weight excluding hydrogens is 232 g/mol. The summed E-state index contributed by atoms with van der Waals surface area (Å²) in [6.45, 7) is 11.2. The molecule has 2 rings (SSSR count). The summed E-state index contributed by atoms with van der Waals surface area (Å²) in [6.07, 6.45) is 3.19. The molecule has 0 aliphatic heterocycles. The van der Waals surface area contributed by atoms with Gasteiger partial charge in [0.2, 0.25) is 0 Å². The molecule has 3 unspecified atom stereocenters. The molecule has 0 saturated heterocycles. The van der Waals surface area contributed by atoms with Gasteiger partial charge in [-0.25, -0.2) is 0 Å². The molecule has 3 atom stereocenters. The van der Waals surface area contributed by atoms with E-state index in [9.17, 15) is 5.11 Å². The molecule has 0 spiro atoms. The lowest BCUT2D eigenvalue weighted by atomic mass is 9.63. The summed E-state index contributed by atoms with van der Waals surface area (Å²) in [6, 6.07) is 6.69. The Morgan fingerprint density at radius 1 is 1.16 bits per heavy atom. The first kappa shape index (κ1) is 14.6. The van der Waals surface area contributed by atoms with Gasteiger partial charge in [0.15, 0.2) is 0 Å². The minimum absolute atomic E-state index is 0.0512. The Morgan fingerprint density at radius 3 is 2.47 bits per heavy atom. The highest BCUT2D eigenvalue weighted by molar-refractivity contribution is 5.36. The number of benzene rings is 1. The molecule has 106 valence electrons. The van der Waals surface area contributed by atoms with Crippen LogP contribution in [-0.4, -0.2) is 11.2 Å². The summed E-state index contributed by atoms with van der Waals surface area (Å²) in [7, 11) is 0. The highest BCUT2D eigenvalue weighted by atomic mass is 16.3. The van der Waals surface area contributed by atoms with Crippen LogP contribution in [0.5, 0.6) is 0 Å². The summed E-state index contributed by atoms with van der Waals surface area (Å²) in [5, 5.41) is 10.5. The van der Waals surface area contributed by atoms with Gasteiger partial charge in [0.1, 0.15) is 0 Å². The largest absolute Gasteiger partial charge is 0.393 e. The van der Waals surface area contributed by atoms with E-state index in [-0.39, 0.29) is 11.5 Å². The van der Waals surface area contributed by atoms with E-state index in [2.05, 4.69) is 52.8 Å². The Labute approximate surface area is 118 Å². The molecule has 0 heterocycles. The van der Waals surface area contributed by atoms with E-state index in [1.807, 2.05) is 0 Å². The molecule has 0 aromatic heterocycles. The number of hydrogen-bond donors (Lipinski definition) is 1. The zero-order chi connectivity index (χ0) is 14.2. The second kappa shape index (κ2) is 5.28. The maximum absolute atomic E-state index is 10.5. The first-order chi connectivity index (χ1) is 8.82. The van der Waals surface area contributed by atoms with E-state index < -0.39 is 0 Å². The number of aryl methyl sites for hydroxylation is 2. The second-order valence-corrected chi connectivity index (χ2v) is 7.13. The normalized spacial score (nSPS) is 28.4. The fourth-order valence-electron chi connectivity index (χ4n) is 3.82. The van der Waals surface area contributed by atoms with Crippen molar-refractivity contribution in [2.45, 2.75) is 65.4 Å². The predicted molar refractivity (Wildman–Crippen MR) is 81.5 cm³/mol. The van der Waals surface area contributed by atoms with Gasteiger partial charge in [0, 0.05) is 0 Å². The van der Waals surface area contributed by atoms with Crippen LogP contribution in [0, 0.1) is 25.7 Å². The van der Waals surface area contributed by atoms with Crippen molar-refractivity contribution in [3.05, 3.63) is 34.9 Å². The second-order valence-electron chi connectivity index (χ2n) is 7.13. The monoisotopic (exact) mass is 260 g/mol. The van der Waals surface area contributed by atoms with Crippen LogP contribution >= 0.6 is 0 Å². The van der Waals surface area contributed by atoms with Crippen molar-refractivity contribution in [2.24, 2.45) is 11.8 Å². The molecule has 1 aliphatic carbocycles. The van der Waals surface area contributed by atoms with Crippen LogP contribution in [0.2, 0.25) is 0 Å². The van der Waals surface area contributed by atoms with E-state index >= 15 is 0 Å². The summed E-state index contributed by atoms with van der Waals surface area (Å²) < 4.78 is 0. The van der Waals surface area contributed by atoms with Gasteiger partial charge in [-0.1, -0.05) is 51.0 Å². The minimum atomic E-state index is -0.154. The molecule has 1 N–H and O–H groups in total. The molecule has 0 bridgehead atoms. The molecule has 1 nitrogen and oxygen atoms in total. The maximum Gasteiger partial charge on any atom is 0.0579 e. The number of aliphatic hydroxyl groups excluding tert-OH is 1. The van der Waals surface area contributed by atoms with Crippen LogP contribution in [0.1, 0.15) is 56.7 Å². The fourth-order valence-corrected chi connectivity index (χ4v) is 3.82. The van der Waals surface area contributed by atoms with E-state index in [4.69, 9.17) is 0 Å². The molecule has 1 aromatic rings. The van der Waals surface area contributed by atoms with Crippen LogP contribution in [0.3, 0.4) is 0 Å². The molecule has 1 aliphatic rings. The molecule has 0 amide bonds. The van der Waals surface area contributed by atoms with Crippen LogP contribution in [0.15, 0.2) is 18.2 Å². The number of hydrogen-bond acceptors (Lipinski definition) is 1. The standard InChI is InChI=1S/C18H28O/c1-12-6-8-14(3)16(10-12)18(4,5)15-9-7-13(2)11-17(15)19/h6,8,10,13,15,17,19H,7,9,11H2,1-5H3. The van der Waals surface area contributed by atoms with Gasteiger partial charge in [0.25, 0.3) is 0 Å². The third-order valence-corrected chi connectivity index (χ3v) is 5.09. The highest BCUT2D eigenvalue weighted by Crippen LogP contribution is 2.43. The summed E-state index contributed by atoms with van der Waals surface area (Å²) >= 11 is 0. The minimum Gasteiger partial charge on any atom is -0.393 e. The zero-order valence-corrected chi connectivity index (χ0v) is 13.0. The summed E-state index contributed by atoms with van der Waals surface area (Å²) in [5.41, 5.74) is 4.12. The van der Waals surface area contributed by atoms with Crippen molar-refractivity contribution in [1.29, 1.82) is 0 Å². The van der Waals surface area contributed by atoms with Crippen LogP contribution < -0.4 is 0 Å². The maximum atomic E-state index is 10.5. The molecule has 1 fully saturated rings. The lowest BCUT2D eigenvalue weighted by Crippen LogP contribution is -2.41. The lowest BCUT2D eigenvalue weighted by molar-refractivity contribution is 0.0142. The van der Waals surface area contributed by atoms with E-state index in [1.54, 1.807) is 0 Å². The Bertz CT molecular complexity index is 447. The molecular formula is C18H28O. The van der Waals surface area contributed by atoms with E-state index in [0.717, 1.165) is 12.8 Å². The topological polar surface area (TPSA) is 20.2 Å². The van der Waals surface area contributed by atoms with Gasteiger partial charge in [-0.05, 0) is 55.1 Å². The lowest BCUT2D eigenvalue weighted by Gasteiger charge is -2.43. The van der Waals surface area contributed by atoms with Gasteiger partial charge >= 0.3 is 0 Å².